The van der Waals surface area contributed by atoms with Gasteiger partial charge in [0, 0.05) is 11.3 Å². The first-order valence-electron chi connectivity index (χ1n) is 11.2. The number of rotatable bonds is 9. The smallest absolute Gasteiger partial charge is 0.328 e. The van der Waals surface area contributed by atoms with E-state index in [1.807, 2.05) is 30.3 Å². The molecule has 2 heterocycles. The van der Waals surface area contributed by atoms with Crippen LogP contribution in [-0.2, 0) is 39.3 Å². The molecule has 0 radical (unpaired) electrons. The van der Waals surface area contributed by atoms with E-state index in [0.717, 1.165) is 47.0 Å². The van der Waals surface area contributed by atoms with Crippen molar-refractivity contribution in [3.63, 3.8) is 0 Å². The molecule has 1 unspecified atom stereocenters. The number of fused-ring (bicyclic) bond motifs is 3. The summed E-state index contributed by atoms with van der Waals surface area (Å²) >= 11 is 2.96. The molecule has 9 heteroatoms. The van der Waals surface area contributed by atoms with Gasteiger partial charge in [0.1, 0.15) is 16.7 Å². The Kier molecular flexibility index (Phi) is 7.82. The van der Waals surface area contributed by atoms with Crippen LogP contribution in [0.4, 0.5) is 0 Å². The van der Waals surface area contributed by atoms with Crippen LogP contribution in [0, 0.1) is 0 Å². The van der Waals surface area contributed by atoms with Crippen LogP contribution in [0.1, 0.15) is 41.6 Å². The standard InChI is InChI=1S/C24H27N3O4S2/c1-2-31-24(30)17(12-15-8-4-3-5-9-15)25-20(28)14-32-13-19-26-22(29)21-16-10-6-7-11-18(16)33-23(21)27-19/h3-5,8-9,17H,2,6-7,10-14H2,1H3,(H,25,28)(H,26,27,29). The first-order valence-corrected chi connectivity index (χ1v) is 13.1. The second kappa shape index (κ2) is 11.0. The maximum absolute atomic E-state index is 12.7. The van der Waals surface area contributed by atoms with Crippen LogP contribution in [0.25, 0.3) is 10.2 Å². The maximum atomic E-state index is 12.7. The molecule has 2 aromatic heterocycles. The van der Waals surface area contributed by atoms with Crippen LogP contribution < -0.4 is 10.9 Å². The molecule has 0 bridgehead atoms. The Morgan fingerprint density at radius 1 is 1.24 bits per heavy atom. The number of nitrogens with zero attached hydrogens (tertiary/aromatic N) is 1. The van der Waals surface area contributed by atoms with Gasteiger partial charge in [0.25, 0.3) is 5.56 Å². The van der Waals surface area contributed by atoms with Crippen molar-refractivity contribution in [2.24, 2.45) is 0 Å². The minimum absolute atomic E-state index is 0.0929. The third kappa shape index (κ3) is 5.83. The second-order valence-electron chi connectivity index (χ2n) is 7.96. The highest BCUT2D eigenvalue weighted by Crippen LogP contribution is 2.33. The first-order chi connectivity index (χ1) is 16.0. The zero-order valence-corrected chi connectivity index (χ0v) is 20.2. The molecule has 4 rings (SSSR count). The summed E-state index contributed by atoms with van der Waals surface area (Å²) in [6.07, 6.45) is 4.60. The van der Waals surface area contributed by atoms with Gasteiger partial charge in [0.2, 0.25) is 5.91 Å². The predicted molar refractivity (Wildman–Crippen MR) is 132 cm³/mol. The van der Waals surface area contributed by atoms with Crippen LogP contribution in [-0.4, -0.2) is 40.2 Å². The van der Waals surface area contributed by atoms with E-state index in [1.54, 1.807) is 18.3 Å². The Balaban J connectivity index is 1.36. The largest absolute Gasteiger partial charge is 0.464 e. The third-order valence-electron chi connectivity index (χ3n) is 5.54. The molecule has 0 saturated carbocycles. The normalized spacial score (nSPS) is 14.0. The molecule has 7 nitrogen and oxygen atoms in total. The van der Waals surface area contributed by atoms with Crippen LogP contribution in [0.15, 0.2) is 35.1 Å². The number of aromatic nitrogens is 2. The number of carbonyl (C=O) groups excluding carboxylic acids is 2. The van der Waals surface area contributed by atoms with Gasteiger partial charge in [0.05, 0.1) is 23.5 Å². The minimum atomic E-state index is -0.743. The molecule has 33 heavy (non-hydrogen) atoms. The Hall–Kier alpha value is -2.65. The molecule has 3 aromatic rings. The minimum Gasteiger partial charge on any atom is -0.464 e. The molecule has 0 saturated heterocycles. The summed E-state index contributed by atoms with van der Waals surface area (Å²) in [6.45, 7) is 1.99. The number of thiophene rings is 1. The lowest BCUT2D eigenvalue weighted by Crippen LogP contribution is -2.44. The van der Waals surface area contributed by atoms with E-state index in [4.69, 9.17) is 4.74 Å². The van der Waals surface area contributed by atoms with Gasteiger partial charge in [-0.2, -0.15) is 0 Å². The molecule has 1 amide bonds. The quantitative estimate of drug-likeness (QED) is 0.451. The Morgan fingerprint density at radius 2 is 2.03 bits per heavy atom. The first kappa shape index (κ1) is 23.5. The van der Waals surface area contributed by atoms with Gasteiger partial charge in [-0.25, -0.2) is 9.78 Å². The number of carbonyl (C=O) groups is 2. The molecule has 1 aliphatic rings. The number of esters is 1. The molecule has 1 aromatic carbocycles. The number of nitrogens with one attached hydrogen (secondary N) is 2. The summed E-state index contributed by atoms with van der Waals surface area (Å²) in [5, 5.41) is 3.52. The number of thioether (sulfide) groups is 1. The number of amides is 1. The monoisotopic (exact) mass is 485 g/mol. The van der Waals surface area contributed by atoms with Gasteiger partial charge < -0.3 is 15.0 Å². The van der Waals surface area contributed by atoms with Gasteiger partial charge >= 0.3 is 5.97 Å². The number of ether oxygens (including phenoxy) is 1. The second-order valence-corrected chi connectivity index (χ2v) is 10.0. The zero-order valence-electron chi connectivity index (χ0n) is 18.5. The van der Waals surface area contributed by atoms with E-state index in [0.29, 0.717) is 18.0 Å². The average Bonchev–Trinajstić information content (AvgIpc) is 3.18. The molecule has 0 aliphatic heterocycles. The molecule has 1 aliphatic carbocycles. The van der Waals surface area contributed by atoms with Crippen LogP contribution in [0.3, 0.4) is 0 Å². The Morgan fingerprint density at radius 3 is 2.82 bits per heavy atom. The number of benzene rings is 1. The average molecular weight is 486 g/mol. The van der Waals surface area contributed by atoms with Crippen molar-refractivity contribution in [2.45, 2.75) is 50.8 Å². The molecule has 0 spiro atoms. The highest BCUT2D eigenvalue weighted by molar-refractivity contribution is 7.99. The topological polar surface area (TPSA) is 101 Å². The summed E-state index contributed by atoms with van der Waals surface area (Å²) in [7, 11) is 0. The van der Waals surface area contributed by atoms with E-state index in [9.17, 15) is 14.4 Å². The van der Waals surface area contributed by atoms with Gasteiger partial charge in [-0.3, -0.25) is 9.59 Å². The van der Waals surface area contributed by atoms with E-state index >= 15 is 0 Å². The van der Waals surface area contributed by atoms with E-state index in [-0.39, 0.29) is 23.8 Å². The van der Waals surface area contributed by atoms with Crippen LogP contribution in [0.5, 0.6) is 0 Å². The van der Waals surface area contributed by atoms with Crippen molar-refractivity contribution in [3.8, 4) is 0 Å². The van der Waals surface area contributed by atoms with Crippen molar-refractivity contribution in [2.75, 3.05) is 12.4 Å². The van der Waals surface area contributed by atoms with Crippen molar-refractivity contribution < 1.29 is 14.3 Å². The van der Waals surface area contributed by atoms with E-state index < -0.39 is 12.0 Å². The number of aromatic amines is 1. The lowest BCUT2D eigenvalue weighted by Gasteiger charge is -2.17. The lowest BCUT2D eigenvalue weighted by atomic mass is 9.97. The fraction of sp³-hybridized carbons (Fsp3) is 0.417. The Labute approximate surface area is 200 Å². The molecular weight excluding hydrogens is 458 g/mol. The molecule has 174 valence electrons. The molecule has 2 N–H and O–H groups in total. The molecular formula is C24H27N3O4S2. The van der Waals surface area contributed by atoms with Gasteiger partial charge in [-0.1, -0.05) is 30.3 Å². The van der Waals surface area contributed by atoms with Crippen LogP contribution in [0.2, 0.25) is 0 Å². The summed E-state index contributed by atoms with van der Waals surface area (Å²) < 4.78 is 5.13. The fourth-order valence-electron chi connectivity index (χ4n) is 4.04. The number of hydrogen-bond acceptors (Lipinski definition) is 7. The van der Waals surface area contributed by atoms with E-state index in [2.05, 4.69) is 15.3 Å². The SMILES string of the molecule is CCOC(=O)C(Cc1ccccc1)NC(=O)CSCc1nc2sc3c(c2c(=O)[nH]1)CCCC3. The fourth-order valence-corrected chi connectivity index (χ4v) is 6.02. The van der Waals surface area contributed by atoms with Gasteiger partial charge in [-0.15, -0.1) is 23.1 Å². The zero-order chi connectivity index (χ0) is 23.2. The maximum Gasteiger partial charge on any atom is 0.328 e. The summed E-state index contributed by atoms with van der Waals surface area (Å²) in [5.74, 6) is 0.411. The van der Waals surface area contributed by atoms with Crippen molar-refractivity contribution in [1.29, 1.82) is 0 Å². The van der Waals surface area contributed by atoms with Crippen LogP contribution >= 0.6 is 23.1 Å². The lowest BCUT2D eigenvalue weighted by molar-refractivity contribution is -0.147. The van der Waals surface area contributed by atoms with E-state index in [1.165, 1.54) is 16.6 Å². The molecule has 0 fully saturated rings. The highest BCUT2D eigenvalue weighted by Gasteiger charge is 2.23. The van der Waals surface area contributed by atoms with Crippen molar-refractivity contribution >= 4 is 45.2 Å². The van der Waals surface area contributed by atoms with Crippen molar-refractivity contribution in [1.82, 2.24) is 15.3 Å². The van der Waals surface area contributed by atoms with Gasteiger partial charge in [-0.05, 0) is 43.7 Å². The van der Waals surface area contributed by atoms with Crippen molar-refractivity contribution in [3.05, 3.63) is 62.5 Å². The number of H-pyrrole nitrogens is 1. The third-order valence-corrected chi connectivity index (χ3v) is 7.66. The molecule has 1 atom stereocenters. The highest BCUT2D eigenvalue weighted by atomic mass is 32.2. The predicted octanol–water partition coefficient (Wildman–Crippen LogP) is 3.39. The summed E-state index contributed by atoms with van der Waals surface area (Å²) in [6, 6.07) is 8.76. The summed E-state index contributed by atoms with van der Waals surface area (Å²) in [5.41, 5.74) is 2.01. The number of hydrogen-bond donors (Lipinski definition) is 2. The number of aryl methyl sites for hydroxylation is 2. The Bertz CT molecular complexity index is 1190. The summed E-state index contributed by atoms with van der Waals surface area (Å²) in [4.78, 5) is 47.1. The van der Waals surface area contributed by atoms with Gasteiger partial charge in [0.15, 0.2) is 0 Å².